The van der Waals surface area contributed by atoms with E-state index in [9.17, 15) is 4.79 Å². The van der Waals surface area contributed by atoms with Crippen LogP contribution in [0.3, 0.4) is 0 Å². The number of allylic oxidation sites excluding steroid dienone is 2. The molecule has 1 atom stereocenters. The van der Waals surface area contributed by atoms with Crippen LogP contribution < -0.4 is 0 Å². The lowest BCUT2D eigenvalue weighted by molar-refractivity contribution is 0.139. The smallest absolute Gasteiger partial charge is 0.413 e. The monoisotopic (exact) mass is 225 g/mol. The second kappa shape index (κ2) is 4.89. The van der Waals surface area contributed by atoms with Crippen molar-refractivity contribution in [3.63, 3.8) is 0 Å². The van der Waals surface area contributed by atoms with Crippen LogP contribution in [0.15, 0.2) is 11.8 Å². The highest BCUT2D eigenvalue weighted by atomic mass is 16.5. The summed E-state index contributed by atoms with van der Waals surface area (Å²) in [6, 6.07) is 0. The van der Waals surface area contributed by atoms with Crippen molar-refractivity contribution >= 4 is 6.09 Å². The molecule has 3 heteroatoms. The SMILES string of the molecule is COC(=O)N(C)C1=CC[C@H](C(C)(C)C)CC1. The summed E-state index contributed by atoms with van der Waals surface area (Å²) in [7, 11) is 3.19. The lowest BCUT2D eigenvalue weighted by Crippen LogP contribution is -2.30. The summed E-state index contributed by atoms with van der Waals surface area (Å²) >= 11 is 0. The van der Waals surface area contributed by atoms with Gasteiger partial charge in [0.2, 0.25) is 0 Å². The Morgan fingerprint density at radius 2 is 2.12 bits per heavy atom. The van der Waals surface area contributed by atoms with Gasteiger partial charge >= 0.3 is 6.09 Å². The van der Waals surface area contributed by atoms with Crippen LogP contribution in [0.25, 0.3) is 0 Å². The van der Waals surface area contributed by atoms with Crippen LogP contribution in [-0.4, -0.2) is 25.2 Å². The average molecular weight is 225 g/mol. The third kappa shape index (κ3) is 3.00. The predicted molar refractivity (Wildman–Crippen MR) is 65.0 cm³/mol. The lowest BCUT2D eigenvalue weighted by Gasteiger charge is -2.34. The molecule has 0 aliphatic heterocycles. The van der Waals surface area contributed by atoms with Gasteiger partial charge < -0.3 is 4.74 Å². The maximum atomic E-state index is 11.4. The van der Waals surface area contributed by atoms with Gasteiger partial charge in [-0.2, -0.15) is 0 Å². The lowest BCUT2D eigenvalue weighted by atomic mass is 9.74. The Labute approximate surface area is 98.5 Å². The number of nitrogens with zero attached hydrogens (tertiary/aromatic N) is 1. The Bertz CT molecular complexity index is 289. The van der Waals surface area contributed by atoms with E-state index < -0.39 is 0 Å². The first-order chi connectivity index (χ1) is 7.36. The van der Waals surface area contributed by atoms with Crippen LogP contribution in [0.1, 0.15) is 40.0 Å². The standard InChI is InChI=1S/C13H23NO2/c1-13(2,3)10-6-8-11(9-7-10)14(4)12(15)16-5/h8,10H,6-7,9H2,1-5H3/t10-/m0/s1. The Morgan fingerprint density at radius 3 is 2.50 bits per heavy atom. The second-order valence-electron chi connectivity index (χ2n) is 5.56. The van der Waals surface area contributed by atoms with Gasteiger partial charge in [-0.25, -0.2) is 4.79 Å². The third-order valence-electron chi connectivity index (χ3n) is 3.49. The van der Waals surface area contributed by atoms with E-state index in [0.717, 1.165) is 25.0 Å². The number of rotatable bonds is 1. The van der Waals surface area contributed by atoms with E-state index in [1.807, 2.05) is 0 Å². The Balaban J connectivity index is 2.63. The van der Waals surface area contributed by atoms with Gasteiger partial charge in [-0.1, -0.05) is 26.8 Å². The fraction of sp³-hybridized carbons (Fsp3) is 0.769. The molecule has 1 rings (SSSR count). The van der Waals surface area contributed by atoms with E-state index in [0.29, 0.717) is 11.3 Å². The molecule has 1 aliphatic rings. The molecule has 0 radical (unpaired) electrons. The van der Waals surface area contributed by atoms with Gasteiger partial charge in [0, 0.05) is 12.7 Å². The van der Waals surface area contributed by atoms with Gasteiger partial charge in [0.25, 0.3) is 0 Å². The van der Waals surface area contributed by atoms with E-state index in [4.69, 9.17) is 4.74 Å². The molecule has 1 aliphatic carbocycles. The molecule has 0 N–H and O–H groups in total. The van der Waals surface area contributed by atoms with Gasteiger partial charge in [-0.05, 0) is 30.6 Å². The Kier molecular flexibility index (Phi) is 4.00. The first kappa shape index (κ1) is 13.1. The molecule has 92 valence electrons. The van der Waals surface area contributed by atoms with Crippen LogP contribution in [-0.2, 0) is 4.74 Å². The van der Waals surface area contributed by atoms with Crippen LogP contribution in [0, 0.1) is 11.3 Å². The molecule has 0 bridgehead atoms. The molecule has 0 heterocycles. The van der Waals surface area contributed by atoms with Crippen LogP contribution in [0.4, 0.5) is 4.79 Å². The van der Waals surface area contributed by atoms with E-state index in [-0.39, 0.29) is 6.09 Å². The van der Waals surface area contributed by atoms with Crippen LogP contribution in [0.2, 0.25) is 0 Å². The summed E-state index contributed by atoms with van der Waals surface area (Å²) in [6.45, 7) is 6.83. The molecule has 0 spiro atoms. The van der Waals surface area contributed by atoms with E-state index in [1.54, 1.807) is 11.9 Å². The molecule has 0 fully saturated rings. The molecule has 0 aromatic rings. The summed E-state index contributed by atoms with van der Waals surface area (Å²) in [5.74, 6) is 0.710. The van der Waals surface area contributed by atoms with Gasteiger partial charge in [-0.3, -0.25) is 4.90 Å². The third-order valence-corrected chi connectivity index (χ3v) is 3.49. The number of ether oxygens (including phenoxy) is 1. The molecule has 0 aromatic heterocycles. The zero-order valence-corrected chi connectivity index (χ0v) is 11.0. The maximum Gasteiger partial charge on any atom is 0.413 e. The number of methoxy groups -OCH3 is 1. The fourth-order valence-corrected chi connectivity index (χ4v) is 2.17. The van der Waals surface area contributed by atoms with E-state index in [2.05, 4.69) is 26.8 Å². The molecule has 16 heavy (non-hydrogen) atoms. The van der Waals surface area contributed by atoms with Crippen molar-refractivity contribution in [2.75, 3.05) is 14.2 Å². The number of hydrogen-bond acceptors (Lipinski definition) is 2. The summed E-state index contributed by atoms with van der Waals surface area (Å²) in [6.07, 6.45) is 5.07. The highest BCUT2D eigenvalue weighted by Crippen LogP contribution is 2.37. The molecular formula is C13H23NO2. The molecule has 1 amide bonds. The van der Waals surface area contributed by atoms with Gasteiger partial charge in [0.05, 0.1) is 7.11 Å². The van der Waals surface area contributed by atoms with Crippen molar-refractivity contribution in [1.29, 1.82) is 0 Å². The zero-order valence-electron chi connectivity index (χ0n) is 11.0. The molecule has 0 saturated carbocycles. The quantitative estimate of drug-likeness (QED) is 0.684. The average Bonchev–Trinajstić information content (AvgIpc) is 2.26. The van der Waals surface area contributed by atoms with Crippen molar-refractivity contribution in [3.05, 3.63) is 11.8 Å². The summed E-state index contributed by atoms with van der Waals surface area (Å²) < 4.78 is 4.71. The summed E-state index contributed by atoms with van der Waals surface area (Å²) in [5.41, 5.74) is 1.44. The minimum Gasteiger partial charge on any atom is -0.452 e. The van der Waals surface area contributed by atoms with Gasteiger partial charge in [0.15, 0.2) is 0 Å². The molecule has 0 unspecified atom stereocenters. The first-order valence-corrected chi connectivity index (χ1v) is 5.87. The predicted octanol–water partition coefficient (Wildman–Crippen LogP) is 3.41. The highest BCUT2D eigenvalue weighted by molar-refractivity contribution is 5.69. The van der Waals surface area contributed by atoms with E-state index >= 15 is 0 Å². The molecule has 0 aromatic carbocycles. The van der Waals surface area contributed by atoms with Crippen LogP contribution in [0.5, 0.6) is 0 Å². The number of amides is 1. The summed E-state index contributed by atoms with van der Waals surface area (Å²) in [4.78, 5) is 13.0. The largest absolute Gasteiger partial charge is 0.452 e. The minimum atomic E-state index is -0.277. The fourth-order valence-electron chi connectivity index (χ4n) is 2.17. The minimum absolute atomic E-state index is 0.277. The van der Waals surface area contributed by atoms with Crippen LogP contribution >= 0.6 is 0 Å². The van der Waals surface area contributed by atoms with Gasteiger partial charge in [0.1, 0.15) is 0 Å². The normalized spacial score (nSPS) is 21.3. The molecule has 3 nitrogen and oxygen atoms in total. The highest BCUT2D eigenvalue weighted by Gasteiger charge is 2.27. The molecular weight excluding hydrogens is 202 g/mol. The van der Waals surface area contributed by atoms with Crippen molar-refractivity contribution in [2.45, 2.75) is 40.0 Å². The number of hydrogen-bond donors (Lipinski definition) is 0. The van der Waals surface area contributed by atoms with Crippen molar-refractivity contribution in [1.82, 2.24) is 4.90 Å². The number of carbonyl (C=O) groups excluding carboxylic acids is 1. The summed E-state index contributed by atoms with van der Waals surface area (Å²) in [5, 5.41) is 0. The zero-order chi connectivity index (χ0) is 12.3. The maximum absolute atomic E-state index is 11.4. The van der Waals surface area contributed by atoms with E-state index in [1.165, 1.54) is 7.11 Å². The topological polar surface area (TPSA) is 29.5 Å². The van der Waals surface area contributed by atoms with Crippen molar-refractivity contribution in [2.24, 2.45) is 11.3 Å². The number of carbonyl (C=O) groups is 1. The van der Waals surface area contributed by atoms with Crippen molar-refractivity contribution < 1.29 is 9.53 Å². The second-order valence-corrected chi connectivity index (χ2v) is 5.56. The Hall–Kier alpha value is -0.990. The Morgan fingerprint density at radius 1 is 1.50 bits per heavy atom. The van der Waals surface area contributed by atoms with Gasteiger partial charge in [-0.15, -0.1) is 0 Å². The first-order valence-electron chi connectivity index (χ1n) is 5.87. The molecule has 0 saturated heterocycles. The van der Waals surface area contributed by atoms with Crippen molar-refractivity contribution in [3.8, 4) is 0 Å².